The number of hydrogen-bond acceptors (Lipinski definition) is 1. The lowest BCUT2D eigenvalue weighted by Crippen LogP contribution is -3.14. The Morgan fingerprint density at radius 2 is 2.09 bits per heavy atom. The van der Waals surface area contributed by atoms with Crippen LogP contribution in [0, 0.1) is 5.92 Å². The summed E-state index contributed by atoms with van der Waals surface area (Å²) in [4.78, 5) is 19.8. The first-order chi connectivity index (χ1) is 11.2. The fraction of sp³-hybridized carbons (Fsp3) is 0.526. The summed E-state index contributed by atoms with van der Waals surface area (Å²) in [6, 6.07) is 8.43. The molecule has 2 N–H and O–H groups in total. The Labute approximate surface area is 137 Å². The standard InChI is InChI=1S/C19H25N3O/c1-14-6-9-21(10-7-14)13-19(23)22-11-8-18-16(12-22)15-4-2-3-5-17(15)20-18/h2-5,14,20H,6-13H2,1H3/p+1. The lowest BCUT2D eigenvalue weighted by atomic mass is 9.99. The third-order valence-corrected chi connectivity index (χ3v) is 5.62. The van der Waals surface area contributed by atoms with Crippen molar-refractivity contribution in [3.05, 3.63) is 35.5 Å². The van der Waals surface area contributed by atoms with Crippen molar-refractivity contribution in [3.63, 3.8) is 0 Å². The zero-order valence-electron chi connectivity index (χ0n) is 13.9. The normalized spacial score (nSPS) is 24.7. The number of nitrogens with one attached hydrogen (secondary N) is 2. The number of amides is 1. The van der Waals surface area contributed by atoms with Crippen LogP contribution >= 0.6 is 0 Å². The van der Waals surface area contributed by atoms with E-state index in [-0.39, 0.29) is 0 Å². The second-order valence-corrected chi connectivity index (χ2v) is 7.30. The average Bonchev–Trinajstić information content (AvgIpc) is 2.94. The van der Waals surface area contributed by atoms with Gasteiger partial charge in [-0.1, -0.05) is 25.1 Å². The monoisotopic (exact) mass is 312 g/mol. The molecular weight excluding hydrogens is 286 g/mol. The SMILES string of the molecule is CC1CC[NH+](CC(=O)N2CCc3[nH]c4ccccc4c3C2)CC1. The first kappa shape index (κ1) is 14.8. The fourth-order valence-corrected chi connectivity index (χ4v) is 4.05. The van der Waals surface area contributed by atoms with Crippen LogP contribution in [0.25, 0.3) is 10.9 Å². The van der Waals surface area contributed by atoms with Gasteiger partial charge in [-0.15, -0.1) is 0 Å². The van der Waals surface area contributed by atoms with Gasteiger partial charge in [-0.3, -0.25) is 4.79 Å². The Morgan fingerprint density at radius 3 is 2.91 bits per heavy atom. The maximum Gasteiger partial charge on any atom is 0.278 e. The molecule has 0 aliphatic carbocycles. The molecule has 1 amide bonds. The highest BCUT2D eigenvalue weighted by atomic mass is 16.2. The van der Waals surface area contributed by atoms with Crippen LogP contribution in [0.15, 0.2) is 24.3 Å². The molecule has 23 heavy (non-hydrogen) atoms. The molecule has 1 aromatic heterocycles. The molecule has 1 aromatic carbocycles. The molecule has 2 aliphatic heterocycles. The molecule has 0 atom stereocenters. The second kappa shape index (κ2) is 6.00. The van der Waals surface area contributed by atoms with Crippen molar-refractivity contribution in [3.8, 4) is 0 Å². The molecule has 0 unspecified atom stereocenters. The van der Waals surface area contributed by atoms with E-state index in [0.717, 1.165) is 38.5 Å². The van der Waals surface area contributed by atoms with Gasteiger partial charge in [0.2, 0.25) is 0 Å². The highest BCUT2D eigenvalue weighted by Crippen LogP contribution is 2.27. The number of hydrogen-bond donors (Lipinski definition) is 2. The van der Waals surface area contributed by atoms with Gasteiger partial charge in [0.25, 0.3) is 5.91 Å². The molecule has 0 radical (unpaired) electrons. The maximum absolute atomic E-state index is 12.7. The van der Waals surface area contributed by atoms with E-state index in [4.69, 9.17) is 0 Å². The van der Waals surface area contributed by atoms with Gasteiger partial charge in [0, 0.05) is 41.7 Å². The van der Waals surface area contributed by atoms with E-state index < -0.39 is 0 Å². The summed E-state index contributed by atoms with van der Waals surface area (Å²) in [7, 11) is 0. The molecule has 4 heteroatoms. The van der Waals surface area contributed by atoms with Crippen molar-refractivity contribution < 1.29 is 9.69 Å². The molecule has 2 aliphatic rings. The number of rotatable bonds is 2. The summed E-state index contributed by atoms with van der Waals surface area (Å²) in [5.41, 5.74) is 3.83. The molecule has 1 fully saturated rings. The zero-order chi connectivity index (χ0) is 15.8. The van der Waals surface area contributed by atoms with E-state index in [1.165, 1.54) is 39.9 Å². The van der Waals surface area contributed by atoms with Crippen LogP contribution in [0.5, 0.6) is 0 Å². The molecule has 122 valence electrons. The largest absolute Gasteiger partial charge is 0.358 e. The Hall–Kier alpha value is -1.81. The van der Waals surface area contributed by atoms with Crippen molar-refractivity contribution in [2.75, 3.05) is 26.2 Å². The van der Waals surface area contributed by atoms with Crippen molar-refractivity contribution in [2.45, 2.75) is 32.7 Å². The van der Waals surface area contributed by atoms with E-state index >= 15 is 0 Å². The number of nitrogens with zero attached hydrogens (tertiary/aromatic N) is 1. The Morgan fingerprint density at radius 1 is 1.30 bits per heavy atom. The lowest BCUT2D eigenvalue weighted by molar-refractivity contribution is -0.898. The Kier molecular flexibility index (Phi) is 3.85. The minimum absolute atomic E-state index is 0.325. The van der Waals surface area contributed by atoms with E-state index in [0.29, 0.717) is 12.5 Å². The molecule has 0 bridgehead atoms. The number of aromatic amines is 1. The predicted octanol–water partition coefficient (Wildman–Crippen LogP) is 1.37. The molecule has 1 saturated heterocycles. The van der Waals surface area contributed by atoms with Gasteiger partial charge in [0.15, 0.2) is 6.54 Å². The summed E-state index contributed by atoms with van der Waals surface area (Å²) < 4.78 is 0. The maximum atomic E-state index is 12.7. The summed E-state index contributed by atoms with van der Waals surface area (Å²) in [5.74, 6) is 1.16. The van der Waals surface area contributed by atoms with Gasteiger partial charge < -0.3 is 14.8 Å². The van der Waals surface area contributed by atoms with Gasteiger partial charge in [-0.2, -0.15) is 0 Å². The zero-order valence-corrected chi connectivity index (χ0v) is 13.9. The van der Waals surface area contributed by atoms with E-state index in [2.05, 4.69) is 41.1 Å². The average molecular weight is 312 g/mol. The number of piperidine rings is 1. The smallest absolute Gasteiger partial charge is 0.278 e. The first-order valence-corrected chi connectivity index (χ1v) is 8.90. The van der Waals surface area contributed by atoms with Crippen molar-refractivity contribution in [2.24, 2.45) is 5.92 Å². The van der Waals surface area contributed by atoms with Crippen LogP contribution in [0.1, 0.15) is 31.0 Å². The molecule has 2 aromatic rings. The van der Waals surface area contributed by atoms with Crippen molar-refractivity contribution >= 4 is 16.8 Å². The topological polar surface area (TPSA) is 40.5 Å². The summed E-state index contributed by atoms with van der Waals surface area (Å²) in [6.07, 6.45) is 3.46. The van der Waals surface area contributed by atoms with E-state index in [9.17, 15) is 4.79 Å². The van der Waals surface area contributed by atoms with Crippen molar-refractivity contribution in [1.29, 1.82) is 0 Å². The number of likely N-dealkylation sites (tertiary alicyclic amines) is 1. The molecular formula is C19H26N3O+. The second-order valence-electron chi connectivity index (χ2n) is 7.30. The fourth-order valence-electron chi connectivity index (χ4n) is 4.05. The minimum atomic E-state index is 0.325. The van der Waals surface area contributed by atoms with Gasteiger partial charge in [-0.05, 0) is 24.8 Å². The van der Waals surface area contributed by atoms with Gasteiger partial charge in [0.1, 0.15) is 0 Å². The number of benzene rings is 1. The summed E-state index contributed by atoms with van der Waals surface area (Å²) >= 11 is 0. The number of carbonyl (C=O) groups excluding carboxylic acids is 1. The molecule has 4 nitrogen and oxygen atoms in total. The minimum Gasteiger partial charge on any atom is -0.358 e. The van der Waals surface area contributed by atoms with Crippen molar-refractivity contribution in [1.82, 2.24) is 9.88 Å². The molecule has 0 spiro atoms. The van der Waals surface area contributed by atoms with Crippen LogP contribution in [0.4, 0.5) is 0 Å². The van der Waals surface area contributed by atoms with Crippen LogP contribution < -0.4 is 4.90 Å². The van der Waals surface area contributed by atoms with Crippen LogP contribution in [-0.4, -0.2) is 42.0 Å². The molecule has 4 rings (SSSR count). The third kappa shape index (κ3) is 2.88. The van der Waals surface area contributed by atoms with Crippen LogP contribution in [0.3, 0.4) is 0 Å². The quantitative estimate of drug-likeness (QED) is 0.864. The van der Waals surface area contributed by atoms with Gasteiger partial charge in [-0.25, -0.2) is 0 Å². The number of fused-ring (bicyclic) bond motifs is 3. The summed E-state index contributed by atoms with van der Waals surface area (Å²) in [6.45, 7) is 6.91. The Bertz CT molecular complexity index is 712. The predicted molar refractivity (Wildman–Crippen MR) is 91.4 cm³/mol. The third-order valence-electron chi connectivity index (χ3n) is 5.62. The number of para-hydroxylation sites is 1. The molecule has 0 saturated carbocycles. The van der Waals surface area contributed by atoms with E-state index in [1.807, 2.05) is 0 Å². The van der Waals surface area contributed by atoms with E-state index in [1.54, 1.807) is 0 Å². The highest BCUT2D eigenvalue weighted by Gasteiger charge is 2.27. The van der Waals surface area contributed by atoms with Crippen LogP contribution in [0.2, 0.25) is 0 Å². The van der Waals surface area contributed by atoms with Crippen LogP contribution in [-0.2, 0) is 17.8 Å². The number of H-pyrrole nitrogens is 1. The first-order valence-electron chi connectivity index (χ1n) is 8.90. The van der Waals surface area contributed by atoms with Gasteiger partial charge in [0.05, 0.1) is 13.1 Å². The highest BCUT2D eigenvalue weighted by molar-refractivity contribution is 5.86. The van der Waals surface area contributed by atoms with Gasteiger partial charge >= 0.3 is 0 Å². The number of carbonyl (C=O) groups is 1. The number of aromatic nitrogens is 1. The number of quaternary nitrogens is 1. The Balaban J connectivity index is 1.46. The molecule has 3 heterocycles. The summed E-state index contributed by atoms with van der Waals surface area (Å²) in [5, 5.41) is 1.28. The lowest BCUT2D eigenvalue weighted by Gasteiger charge is -2.31.